The van der Waals surface area contributed by atoms with E-state index >= 15 is 0 Å². The molecule has 5 atom stereocenters. The van der Waals surface area contributed by atoms with Crippen LogP contribution >= 0.6 is 0 Å². The van der Waals surface area contributed by atoms with Crippen LogP contribution in [0.3, 0.4) is 0 Å². The Hall–Kier alpha value is -4.12. The van der Waals surface area contributed by atoms with E-state index in [-0.39, 0.29) is 48.6 Å². The Kier molecular flexibility index (Phi) is 8.37. The minimum atomic E-state index is -0.890. The van der Waals surface area contributed by atoms with Gasteiger partial charge < -0.3 is 30.8 Å². The van der Waals surface area contributed by atoms with Crippen LogP contribution in [0.2, 0.25) is 0 Å². The first-order valence-corrected chi connectivity index (χ1v) is 15.4. The lowest BCUT2D eigenvalue weighted by Crippen LogP contribution is -2.36. The molecule has 3 aliphatic heterocycles. The fraction of sp³-hybridized carbons (Fsp3) is 0.515. The summed E-state index contributed by atoms with van der Waals surface area (Å²) in [6.07, 6.45) is 3.97. The molecular weight excluding hydrogens is 562 g/mol. The Balaban J connectivity index is 1.50. The number of hydrogen-bond acceptors (Lipinski definition) is 5. The number of rotatable bonds is 13. The van der Waals surface area contributed by atoms with Gasteiger partial charge in [0.1, 0.15) is 5.66 Å². The summed E-state index contributed by atoms with van der Waals surface area (Å²) in [5, 5.41) is 28.8. The summed E-state index contributed by atoms with van der Waals surface area (Å²) in [4.78, 5) is 55.4. The Morgan fingerprint density at radius 3 is 2.14 bits per heavy atom. The molecule has 44 heavy (non-hydrogen) atoms. The van der Waals surface area contributed by atoms with E-state index in [4.69, 9.17) is 0 Å². The van der Waals surface area contributed by atoms with Gasteiger partial charge in [-0.15, -0.1) is 0 Å². The first-order valence-electron chi connectivity index (χ1n) is 15.4. The van der Waals surface area contributed by atoms with Crippen LogP contribution in [0, 0.1) is 25.7 Å². The van der Waals surface area contributed by atoms with Crippen LogP contribution < -0.4 is 16.0 Å². The maximum atomic E-state index is 12.6. The minimum Gasteiger partial charge on any atom is -0.481 e. The van der Waals surface area contributed by atoms with Crippen LogP contribution in [-0.4, -0.2) is 55.6 Å². The van der Waals surface area contributed by atoms with Gasteiger partial charge in [0.05, 0.1) is 12.1 Å². The smallest absolute Gasteiger partial charge is 0.303 e. The molecule has 2 aromatic rings. The van der Waals surface area contributed by atoms with Crippen molar-refractivity contribution in [3.05, 3.63) is 68.8 Å². The largest absolute Gasteiger partial charge is 0.481 e. The lowest BCUT2D eigenvalue weighted by Gasteiger charge is -2.18. The van der Waals surface area contributed by atoms with E-state index in [1.807, 2.05) is 27.7 Å². The number of aromatic nitrogens is 2. The molecular formula is C33H43N5O6. The molecule has 0 aliphatic carbocycles. The van der Waals surface area contributed by atoms with E-state index in [9.17, 15) is 29.4 Å². The molecule has 7 N–H and O–H groups in total. The number of aromatic amines is 2. The summed E-state index contributed by atoms with van der Waals surface area (Å²) in [5.74, 6) is -1.88. The van der Waals surface area contributed by atoms with E-state index in [0.717, 1.165) is 57.0 Å². The molecule has 11 nitrogen and oxygen atoms in total. The SMILES string of the molecule is C=CC1=C(C)[C@@H](Cc2[nH]c(Cc3[nH]c([C@H]4N[C@]45NC(=O)[C@H](C)[C@H]5CC)c(C)c3CCC(=O)O)c(CCC(=O)O)c2C)NC1=O. The van der Waals surface area contributed by atoms with Crippen molar-refractivity contribution in [3.63, 3.8) is 0 Å². The second-order valence-electron chi connectivity index (χ2n) is 12.5. The van der Waals surface area contributed by atoms with Crippen molar-refractivity contribution in [1.82, 2.24) is 25.9 Å². The van der Waals surface area contributed by atoms with E-state index < -0.39 is 17.6 Å². The fourth-order valence-corrected chi connectivity index (χ4v) is 7.55. The summed E-state index contributed by atoms with van der Waals surface area (Å²) in [7, 11) is 0. The highest BCUT2D eigenvalue weighted by Gasteiger charge is 2.66. The molecule has 236 valence electrons. The third-order valence-corrected chi connectivity index (χ3v) is 10.1. The lowest BCUT2D eigenvalue weighted by atomic mass is 9.86. The number of carbonyl (C=O) groups excluding carboxylic acids is 2. The molecule has 5 rings (SSSR count). The van der Waals surface area contributed by atoms with Gasteiger partial charge in [0, 0.05) is 65.9 Å². The fourth-order valence-electron chi connectivity index (χ4n) is 7.55. The van der Waals surface area contributed by atoms with E-state index in [1.54, 1.807) is 6.08 Å². The molecule has 0 saturated carbocycles. The predicted molar refractivity (Wildman–Crippen MR) is 164 cm³/mol. The van der Waals surface area contributed by atoms with Crippen molar-refractivity contribution in [2.45, 2.75) is 97.3 Å². The normalized spacial score (nSPS) is 25.9. The highest BCUT2D eigenvalue weighted by Crippen LogP contribution is 2.52. The zero-order valence-electron chi connectivity index (χ0n) is 26.1. The second kappa shape index (κ2) is 11.8. The Morgan fingerprint density at radius 2 is 1.57 bits per heavy atom. The first-order chi connectivity index (χ1) is 20.8. The molecule has 0 radical (unpaired) electrons. The second-order valence-corrected chi connectivity index (χ2v) is 12.5. The summed E-state index contributed by atoms with van der Waals surface area (Å²) in [5.41, 5.74) is 8.34. The van der Waals surface area contributed by atoms with Crippen LogP contribution in [0.15, 0.2) is 23.8 Å². The van der Waals surface area contributed by atoms with Crippen LogP contribution in [-0.2, 0) is 44.9 Å². The zero-order valence-corrected chi connectivity index (χ0v) is 26.1. The van der Waals surface area contributed by atoms with Crippen molar-refractivity contribution in [3.8, 4) is 0 Å². The predicted octanol–water partition coefficient (Wildman–Crippen LogP) is 3.26. The molecule has 1 spiro atoms. The minimum absolute atomic E-state index is 0.0285. The topological polar surface area (TPSA) is 186 Å². The molecule has 2 saturated heterocycles. The van der Waals surface area contributed by atoms with Gasteiger partial charge in [-0.1, -0.05) is 26.5 Å². The van der Waals surface area contributed by atoms with Crippen molar-refractivity contribution in [2.75, 3.05) is 0 Å². The van der Waals surface area contributed by atoms with E-state index in [1.165, 1.54) is 0 Å². The van der Waals surface area contributed by atoms with Gasteiger partial charge in [-0.25, -0.2) is 0 Å². The first kappa shape index (κ1) is 31.3. The summed E-state index contributed by atoms with van der Waals surface area (Å²) in [6.45, 7) is 13.7. The third-order valence-electron chi connectivity index (χ3n) is 10.1. The Morgan fingerprint density at radius 1 is 0.955 bits per heavy atom. The van der Waals surface area contributed by atoms with Crippen LogP contribution in [0.5, 0.6) is 0 Å². The van der Waals surface area contributed by atoms with Crippen molar-refractivity contribution in [1.29, 1.82) is 0 Å². The number of carboxylic acid groups (broad SMARTS) is 2. The van der Waals surface area contributed by atoms with Gasteiger partial charge in [-0.3, -0.25) is 24.5 Å². The van der Waals surface area contributed by atoms with Gasteiger partial charge in [0.25, 0.3) is 5.91 Å². The van der Waals surface area contributed by atoms with Gasteiger partial charge in [0.2, 0.25) is 5.91 Å². The average Bonchev–Trinajstić information content (AvgIpc) is 3.16. The van der Waals surface area contributed by atoms with Crippen molar-refractivity contribution < 1.29 is 29.4 Å². The summed E-state index contributed by atoms with van der Waals surface area (Å²) in [6, 6.07) is -0.322. The van der Waals surface area contributed by atoms with Crippen molar-refractivity contribution in [2.24, 2.45) is 11.8 Å². The highest BCUT2D eigenvalue weighted by molar-refractivity contribution is 6.00. The molecule has 2 amide bonds. The molecule has 2 fully saturated rings. The molecule has 0 unspecified atom stereocenters. The highest BCUT2D eigenvalue weighted by atomic mass is 16.4. The average molecular weight is 606 g/mol. The van der Waals surface area contributed by atoms with Gasteiger partial charge in [0.15, 0.2) is 0 Å². The van der Waals surface area contributed by atoms with Crippen LogP contribution in [0.1, 0.15) is 91.1 Å². The maximum absolute atomic E-state index is 12.6. The van der Waals surface area contributed by atoms with Crippen LogP contribution in [0.4, 0.5) is 0 Å². The van der Waals surface area contributed by atoms with Gasteiger partial charge in [-0.2, -0.15) is 0 Å². The Labute approximate surface area is 257 Å². The maximum Gasteiger partial charge on any atom is 0.303 e. The number of carbonyl (C=O) groups is 4. The van der Waals surface area contributed by atoms with E-state index in [2.05, 4.69) is 39.4 Å². The summed E-state index contributed by atoms with van der Waals surface area (Å²) >= 11 is 0. The Bertz CT molecular complexity index is 1580. The number of carboxylic acids is 2. The number of amides is 2. The number of hydrogen-bond donors (Lipinski definition) is 7. The molecule has 3 aliphatic rings. The molecule has 0 bridgehead atoms. The molecule has 5 heterocycles. The van der Waals surface area contributed by atoms with Gasteiger partial charge in [-0.05, 0) is 67.9 Å². The van der Waals surface area contributed by atoms with Crippen LogP contribution in [0.25, 0.3) is 0 Å². The number of aliphatic carboxylic acids is 2. The quantitative estimate of drug-likeness (QED) is 0.171. The standard InChI is InChI=1S/C33H43N5O6/c1-7-19-15(3)24(36-32(19)44)13-23-16(4)20(9-11-27(39)40)25(34-23)14-26-21(10-12-28(41)42)17(5)29(35-26)30-33(37-30)22(8-2)18(6)31(43)38-33/h7,18,22,24,30,34-35,37H,1,8-14H2,2-6H3,(H,36,44)(H,38,43)(H,39,40)(H,41,42)/t18-,22-,24-,30-,33-/m1/s1. The van der Waals surface area contributed by atoms with Crippen molar-refractivity contribution >= 4 is 23.8 Å². The molecule has 0 aromatic carbocycles. The molecule has 11 heteroatoms. The summed E-state index contributed by atoms with van der Waals surface area (Å²) < 4.78 is 0. The van der Waals surface area contributed by atoms with Gasteiger partial charge >= 0.3 is 11.9 Å². The molecule has 2 aromatic heterocycles. The monoisotopic (exact) mass is 605 g/mol. The van der Waals surface area contributed by atoms with E-state index in [0.29, 0.717) is 31.3 Å². The zero-order chi connectivity index (χ0) is 32.1. The lowest BCUT2D eigenvalue weighted by molar-refractivity contribution is -0.138. The third kappa shape index (κ3) is 5.38. The number of H-pyrrole nitrogens is 2. The number of nitrogens with one attached hydrogen (secondary N) is 5.